The summed E-state index contributed by atoms with van der Waals surface area (Å²) in [4.78, 5) is 23.8. The molecule has 0 saturated carbocycles. The maximum atomic E-state index is 12.1. The van der Waals surface area contributed by atoms with Gasteiger partial charge in [-0.2, -0.15) is 5.10 Å². The number of esters is 1. The number of hydrogen-bond acceptors (Lipinski definition) is 4. The second-order valence-corrected chi connectivity index (χ2v) is 4.98. The molecule has 0 spiro atoms. The van der Waals surface area contributed by atoms with Crippen LogP contribution in [0.3, 0.4) is 0 Å². The van der Waals surface area contributed by atoms with Gasteiger partial charge in [-0.1, -0.05) is 24.6 Å². The predicted molar refractivity (Wildman–Crippen MR) is 80.3 cm³/mol. The van der Waals surface area contributed by atoms with Gasteiger partial charge in [-0.15, -0.1) is 0 Å². The summed E-state index contributed by atoms with van der Waals surface area (Å²) in [5.74, 6) is -0.757. The Kier molecular flexibility index (Phi) is 4.43. The Hall–Kier alpha value is -2.14. The Balaban J connectivity index is 2.72. The fraction of sp³-hybridized carbons (Fsp3) is 0.267. The van der Waals surface area contributed by atoms with Crippen LogP contribution < -0.4 is 5.43 Å². The number of halogens is 1. The highest BCUT2D eigenvalue weighted by Crippen LogP contribution is 2.21. The highest BCUT2D eigenvalue weighted by molar-refractivity contribution is 6.32. The third-order valence-electron chi connectivity index (χ3n) is 3.10. The smallest absolute Gasteiger partial charge is 0.362 e. The van der Waals surface area contributed by atoms with Crippen molar-refractivity contribution in [2.45, 2.75) is 20.3 Å². The van der Waals surface area contributed by atoms with Crippen LogP contribution in [0.1, 0.15) is 28.5 Å². The lowest BCUT2D eigenvalue weighted by Gasteiger charge is -2.11. The molecule has 1 heterocycles. The molecular formula is C15H15ClN2O3. The van der Waals surface area contributed by atoms with Gasteiger partial charge in [0.2, 0.25) is 11.1 Å². The van der Waals surface area contributed by atoms with E-state index in [1.165, 1.54) is 11.8 Å². The molecule has 0 aliphatic carbocycles. The molecule has 21 heavy (non-hydrogen) atoms. The van der Waals surface area contributed by atoms with Crippen molar-refractivity contribution in [3.63, 3.8) is 0 Å². The SMILES string of the molecule is CCc1cn(-c2cc(C)ccc2Cl)nc(C(=O)OC)c1=O. The molecule has 0 amide bonds. The minimum absolute atomic E-state index is 0.241. The van der Waals surface area contributed by atoms with Gasteiger partial charge in [0.15, 0.2) is 0 Å². The topological polar surface area (TPSA) is 61.2 Å². The quantitative estimate of drug-likeness (QED) is 0.818. The molecule has 110 valence electrons. The molecule has 0 N–H and O–H groups in total. The Morgan fingerprint density at radius 3 is 2.76 bits per heavy atom. The Labute approximate surface area is 127 Å². The van der Waals surface area contributed by atoms with E-state index in [9.17, 15) is 9.59 Å². The van der Waals surface area contributed by atoms with Gasteiger partial charge in [0.1, 0.15) is 0 Å². The van der Waals surface area contributed by atoms with Gasteiger partial charge in [0.05, 0.1) is 17.8 Å². The monoisotopic (exact) mass is 306 g/mol. The second-order valence-electron chi connectivity index (χ2n) is 4.58. The number of aromatic nitrogens is 2. The Morgan fingerprint density at radius 2 is 2.14 bits per heavy atom. The summed E-state index contributed by atoms with van der Waals surface area (Å²) in [5.41, 5.74) is 1.42. The van der Waals surface area contributed by atoms with Gasteiger partial charge in [0, 0.05) is 11.8 Å². The highest BCUT2D eigenvalue weighted by atomic mass is 35.5. The lowest BCUT2D eigenvalue weighted by molar-refractivity contribution is 0.0590. The van der Waals surface area contributed by atoms with Crippen LogP contribution in [0.5, 0.6) is 0 Å². The molecule has 6 heteroatoms. The molecule has 1 aromatic heterocycles. The first kappa shape index (κ1) is 15.3. The van der Waals surface area contributed by atoms with Gasteiger partial charge >= 0.3 is 5.97 Å². The van der Waals surface area contributed by atoms with E-state index in [1.807, 2.05) is 26.0 Å². The maximum Gasteiger partial charge on any atom is 0.362 e. The average molecular weight is 307 g/mol. The molecule has 5 nitrogen and oxygen atoms in total. The van der Waals surface area contributed by atoms with Gasteiger partial charge in [-0.25, -0.2) is 9.48 Å². The van der Waals surface area contributed by atoms with Gasteiger partial charge < -0.3 is 4.74 Å². The zero-order valence-corrected chi connectivity index (χ0v) is 12.8. The molecule has 0 radical (unpaired) electrons. The van der Waals surface area contributed by atoms with E-state index >= 15 is 0 Å². The summed E-state index contributed by atoms with van der Waals surface area (Å²) >= 11 is 6.18. The van der Waals surface area contributed by atoms with E-state index in [4.69, 9.17) is 11.6 Å². The molecule has 0 bridgehead atoms. The number of carbonyl (C=O) groups excluding carboxylic acids is 1. The lowest BCUT2D eigenvalue weighted by atomic mass is 10.2. The number of benzene rings is 1. The number of rotatable bonds is 3. The van der Waals surface area contributed by atoms with Crippen LogP contribution >= 0.6 is 11.6 Å². The van der Waals surface area contributed by atoms with Crippen LogP contribution in [-0.2, 0) is 11.2 Å². The molecular weight excluding hydrogens is 292 g/mol. The maximum absolute atomic E-state index is 12.1. The fourth-order valence-corrected chi connectivity index (χ4v) is 2.15. The molecule has 0 aliphatic heterocycles. The van der Waals surface area contributed by atoms with Gasteiger partial charge in [0.25, 0.3) is 0 Å². The average Bonchev–Trinajstić information content (AvgIpc) is 2.49. The summed E-state index contributed by atoms with van der Waals surface area (Å²) < 4.78 is 6.06. The number of methoxy groups -OCH3 is 1. The van der Waals surface area contributed by atoms with E-state index in [-0.39, 0.29) is 5.69 Å². The van der Waals surface area contributed by atoms with Crippen molar-refractivity contribution >= 4 is 17.6 Å². The number of carbonyl (C=O) groups is 1. The first-order valence-electron chi connectivity index (χ1n) is 6.45. The van der Waals surface area contributed by atoms with E-state index in [2.05, 4.69) is 9.84 Å². The first-order chi connectivity index (χ1) is 9.97. The summed E-state index contributed by atoms with van der Waals surface area (Å²) in [5, 5.41) is 4.55. The van der Waals surface area contributed by atoms with Crippen molar-refractivity contribution in [2.75, 3.05) is 7.11 Å². The molecule has 2 rings (SSSR count). The summed E-state index contributed by atoms with van der Waals surface area (Å²) in [6.45, 7) is 3.75. The van der Waals surface area contributed by atoms with E-state index in [0.29, 0.717) is 22.7 Å². The number of nitrogens with zero attached hydrogens (tertiary/aromatic N) is 2. The lowest BCUT2D eigenvalue weighted by Crippen LogP contribution is -2.25. The molecule has 0 saturated heterocycles. The zero-order valence-electron chi connectivity index (χ0n) is 12.0. The van der Waals surface area contributed by atoms with Crippen molar-refractivity contribution < 1.29 is 9.53 Å². The summed E-state index contributed by atoms with van der Waals surface area (Å²) in [6.07, 6.45) is 2.07. The number of hydrogen-bond donors (Lipinski definition) is 0. The minimum atomic E-state index is -0.757. The molecule has 0 aliphatic rings. The van der Waals surface area contributed by atoms with Crippen molar-refractivity contribution in [1.82, 2.24) is 9.78 Å². The second kappa shape index (κ2) is 6.10. The molecule has 0 fully saturated rings. The van der Waals surface area contributed by atoms with E-state index in [0.717, 1.165) is 5.56 Å². The standard InChI is InChI=1S/C15H15ClN2O3/c1-4-10-8-18(12-7-9(2)5-6-11(12)16)17-13(14(10)19)15(20)21-3/h5-8H,4H2,1-3H3. The molecule has 1 aromatic carbocycles. The van der Waals surface area contributed by atoms with Crippen molar-refractivity contribution in [3.05, 3.63) is 56.5 Å². The van der Waals surface area contributed by atoms with Crippen LogP contribution in [0.25, 0.3) is 5.69 Å². The van der Waals surface area contributed by atoms with Crippen molar-refractivity contribution in [2.24, 2.45) is 0 Å². The van der Waals surface area contributed by atoms with Gasteiger partial charge in [-0.05, 0) is 31.0 Å². The third kappa shape index (κ3) is 2.97. The largest absolute Gasteiger partial charge is 0.464 e. The Bertz CT molecular complexity index is 753. The van der Waals surface area contributed by atoms with Crippen LogP contribution in [0.2, 0.25) is 5.02 Å². The molecule has 2 aromatic rings. The summed E-state index contributed by atoms with van der Waals surface area (Å²) in [6, 6.07) is 5.45. The highest BCUT2D eigenvalue weighted by Gasteiger charge is 2.18. The van der Waals surface area contributed by atoms with Crippen LogP contribution in [0.4, 0.5) is 0 Å². The fourth-order valence-electron chi connectivity index (χ4n) is 1.94. The first-order valence-corrected chi connectivity index (χ1v) is 6.83. The van der Waals surface area contributed by atoms with E-state index < -0.39 is 11.4 Å². The van der Waals surface area contributed by atoms with Crippen LogP contribution in [-0.4, -0.2) is 22.9 Å². The van der Waals surface area contributed by atoms with Crippen LogP contribution in [0.15, 0.2) is 29.2 Å². The van der Waals surface area contributed by atoms with Crippen molar-refractivity contribution in [1.29, 1.82) is 0 Å². The van der Waals surface area contributed by atoms with Crippen molar-refractivity contribution in [3.8, 4) is 5.69 Å². The summed E-state index contributed by atoms with van der Waals surface area (Å²) in [7, 11) is 1.21. The molecule has 0 unspecified atom stereocenters. The molecule has 0 atom stereocenters. The van der Waals surface area contributed by atoms with E-state index in [1.54, 1.807) is 12.3 Å². The minimum Gasteiger partial charge on any atom is -0.464 e. The number of ether oxygens (including phenoxy) is 1. The zero-order chi connectivity index (χ0) is 15.6. The number of aryl methyl sites for hydroxylation is 2. The van der Waals surface area contributed by atoms with Gasteiger partial charge in [-0.3, -0.25) is 4.79 Å². The predicted octanol–water partition coefficient (Wildman–Crippen LogP) is 2.54. The Morgan fingerprint density at radius 1 is 1.43 bits per heavy atom. The third-order valence-corrected chi connectivity index (χ3v) is 3.42. The normalized spacial score (nSPS) is 10.5. The van der Waals surface area contributed by atoms with Crippen LogP contribution in [0, 0.1) is 6.92 Å².